The molecule has 0 aromatic heterocycles. The lowest BCUT2D eigenvalue weighted by Crippen LogP contribution is -2.37. The van der Waals surface area contributed by atoms with Gasteiger partial charge in [0.05, 0.1) is 0 Å². The van der Waals surface area contributed by atoms with Crippen molar-refractivity contribution in [1.29, 1.82) is 0 Å². The van der Waals surface area contributed by atoms with Gasteiger partial charge in [-0.15, -0.1) is 0 Å². The zero-order valence-electron chi connectivity index (χ0n) is 6.29. The SMILES string of the molecule is C=C(OC(=C)C(N)N)C(N)N. The molecule has 64 valence electrons. The smallest absolute Gasteiger partial charge is 0.128 e. The Hall–Kier alpha value is -0.880. The number of hydrogen-bond donors (Lipinski definition) is 4. The van der Waals surface area contributed by atoms with E-state index < -0.39 is 12.3 Å². The quantitative estimate of drug-likeness (QED) is 0.294. The van der Waals surface area contributed by atoms with Gasteiger partial charge in [0.25, 0.3) is 0 Å². The minimum absolute atomic E-state index is 0.191. The van der Waals surface area contributed by atoms with Gasteiger partial charge in [-0.05, 0) is 0 Å². The molecule has 0 rings (SSSR count). The van der Waals surface area contributed by atoms with E-state index in [2.05, 4.69) is 13.2 Å². The fourth-order valence-corrected chi connectivity index (χ4v) is 0.304. The van der Waals surface area contributed by atoms with Gasteiger partial charge in [-0.2, -0.15) is 0 Å². The van der Waals surface area contributed by atoms with Crippen LogP contribution in [0.3, 0.4) is 0 Å². The largest absolute Gasteiger partial charge is 0.461 e. The van der Waals surface area contributed by atoms with Crippen LogP contribution in [0.2, 0.25) is 0 Å². The van der Waals surface area contributed by atoms with Gasteiger partial charge in [0.2, 0.25) is 0 Å². The summed E-state index contributed by atoms with van der Waals surface area (Å²) in [5.41, 5.74) is 20.9. The van der Waals surface area contributed by atoms with Crippen molar-refractivity contribution in [3.63, 3.8) is 0 Å². The topological polar surface area (TPSA) is 113 Å². The maximum atomic E-state index is 5.21. The molecule has 0 radical (unpaired) electrons. The Kier molecular flexibility index (Phi) is 3.77. The summed E-state index contributed by atoms with van der Waals surface area (Å²) in [5, 5.41) is 0. The first-order valence-corrected chi connectivity index (χ1v) is 3.03. The predicted molar refractivity (Wildman–Crippen MR) is 43.7 cm³/mol. The van der Waals surface area contributed by atoms with Crippen molar-refractivity contribution >= 4 is 0 Å². The van der Waals surface area contributed by atoms with Crippen LogP contribution in [0.25, 0.3) is 0 Å². The molecule has 0 saturated carbocycles. The molecule has 0 heterocycles. The van der Waals surface area contributed by atoms with Crippen LogP contribution in [0.5, 0.6) is 0 Å². The number of rotatable bonds is 4. The molecule has 0 aliphatic carbocycles. The van der Waals surface area contributed by atoms with Crippen LogP contribution in [0.1, 0.15) is 0 Å². The molecule has 0 aromatic rings. The molecule has 0 unspecified atom stereocenters. The standard InChI is InChI=1S/C6H14N4O/c1-3(5(7)8)11-4(2)6(9)10/h5-6H,1-2,7-10H2. The molecule has 0 aliphatic rings. The molecule has 5 nitrogen and oxygen atoms in total. The van der Waals surface area contributed by atoms with Crippen LogP contribution in [-0.2, 0) is 4.74 Å². The summed E-state index contributed by atoms with van der Waals surface area (Å²) in [5.74, 6) is 0.381. The van der Waals surface area contributed by atoms with Crippen LogP contribution < -0.4 is 22.9 Å². The van der Waals surface area contributed by atoms with Gasteiger partial charge < -0.3 is 27.7 Å². The summed E-state index contributed by atoms with van der Waals surface area (Å²) < 4.78 is 4.88. The Bertz CT molecular complexity index is 146. The van der Waals surface area contributed by atoms with Crippen molar-refractivity contribution in [2.45, 2.75) is 12.3 Å². The van der Waals surface area contributed by atoms with Crippen LogP contribution in [-0.4, -0.2) is 12.3 Å². The van der Waals surface area contributed by atoms with Crippen LogP contribution in [0.4, 0.5) is 0 Å². The minimum atomic E-state index is -0.745. The summed E-state index contributed by atoms with van der Waals surface area (Å²) in [6, 6.07) is 0. The highest BCUT2D eigenvalue weighted by atomic mass is 16.5. The van der Waals surface area contributed by atoms with E-state index >= 15 is 0 Å². The highest BCUT2D eigenvalue weighted by Crippen LogP contribution is 2.02. The van der Waals surface area contributed by atoms with Crippen molar-refractivity contribution in [2.24, 2.45) is 22.9 Å². The molecule has 11 heavy (non-hydrogen) atoms. The number of nitrogens with two attached hydrogens (primary N) is 4. The predicted octanol–water partition coefficient (Wildman–Crippen LogP) is -1.48. The minimum Gasteiger partial charge on any atom is -0.461 e. The van der Waals surface area contributed by atoms with Gasteiger partial charge in [0, 0.05) is 0 Å². The maximum absolute atomic E-state index is 5.21. The fraction of sp³-hybridized carbons (Fsp3) is 0.333. The van der Waals surface area contributed by atoms with Crippen molar-refractivity contribution in [1.82, 2.24) is 0 Å². The molecular weight excluding hydrogens is 144 g/mol. The van der Waals surface area contributed by atoms with E-state index in [1.165, 1.54) is 0 Å². The van der Waals surface area contributed by atoms with Crippen LogP contribution in [0, 0.1) is 0 Å². The summed E-state index contributed by atoms with van der Waals surface area (Å²) in [6.07, 6.45) is -1.49. The second kappa shape index (κ2) is 4.09. The molecule has 0 spiro atoms. The van der Waals surface area contributed by atoms with Gasteiger partial charge in [-0.1, -0.05) is 13.2 Å². The molecular formula is C6H14N4O. The van der Waals surface area contributed by atoms with Crippen molar-refractivity contribution in [3.8, 4) is 0 Å². The first kappa shape index (κ1) is 10.1. The van der Waals surface area contributed by atoms with Gasteiger partial charge in [0.1, 0.15) is 23.8 Å². The average molecular weight is 158 g/mol. The second-order valence-corrected chi connectivity index (χ2v) is 2.09. The Morgan fingerprint density at radius 3 is 1.36 bits per heavy atom. The lowest BCUT2D eigenvalue weighted by atomic mass is 10.4. The fourth-order valence-electron chi connectivity index (χ4n) is 0.304. The Morgan fingerprint density at radius 2 is 1.18 bits per heavy atom. The van der Waals surface area contributed by atoms with E-state index in [0.717, 1.165) is 0 Å². The summed E-state index contributed by atoms with van der Waals surface area (Å²) in [4.78, 5) is 0. The zero-order chi connectivity index (χ0) is 9.02. The molecule has 0 saturated heterocycles. The van der Waals surface area contributed by atoms with E-state index in [4.69, 9.17) is 27.7 Å². The summed E-state index contributed by atoms with van der Waals surface area (Å²) >= 11 is 0. The van der Waals surface area contributed by atoms with E-state index in [1.54, 1.807) is 0 Å². The molecule has 0 bridgehead atoms. The third kappa shape index (κ3) is 3.74. The normalized spacial score (nSPS) is 10.4. The first-order valence-electron chi connectivity index (χ1n) is 3.03. The monoisotopic (exact) mass is 158 g/mol. The summed E-state index contributed by atoms with van der Waals surface area (Å²) in [6.45, 7) is 6.86. The molecule has 8 N–H and O–H groups in total. The summed E-state index contributed by atoms with van der Waals surface area (Å²) in [7, 11) is 0. The van der Waals surface area contributed by atoms with Crippen LogP contribution >= 0.6 is 0 Å². The average Bonchev–Trinajstić information content (AvgIpc) is 1.87. The van der Waals surface area contributed by atoms with E-state index in [0.29, 0.717) is 0 Å². The highest BCUT2D eigenvalue weighted by molar-refractivity contribution is 5.01. The zero-order valence-corrected chi connectivity index (χ0v) is 6.29. The second-order valence-electron chi connectivity index (χ2n) is 2.09. The number of ether oxygens (including phenoxy) is 1. The Balaban J connectivity index is 3.86. The Morgan fingerprint density at radius 1 is 0.909 bits per heavy atom. The first-order chi connectivity index (χ1) is 4.95. The van der Waals surface area contributed by atoms with Gasteiger partial charge in [-0.3, -0.25) is 0 Å². The van der Waals surface area contributed by atoms with Crippen LogP contribution in [0.15, 0.2) is 24.7 Å². The molecule has 0 amide bonds. The molecule has 0 aliphatic heterocycles. The molecule has 0 fully saturated rings. The highest BCUT2D eigenvalue weighted by Gasteiger charge is 2.07. The molecule has 0 aromatic carbocycles. The molecule has 5 heteroatoms. The van der Waals surface area contributed by atoms with E-state index in [9.17, 15) is 0 Å². The van der Waals surface area contributed by atoms with E-state index in [-0.39, 0.29) is 11.5 Å². The van der Waals surface area contributed by atoms with Crippen molar-refractivity contribution < 1.29 is 4.74 Å². The van der Waals surface area contributed by atoms with Crippen molar-refractivity contribution in [3.05, 3.63) is 24.7 Å². The maximum Gasteiger partial charge on any atom is 0.128 e. The lowest BCUT2D eigenvalue weighted by molar-refractivity contribution is 0.260. The van der Waals surface area contributed by atoms with Gasteiger partial charge >= 0.3 is 0 Å². The van der Waals surface area contributed by atoms with E-state index in [1.807, 2.05) is 0 Å². The Labute approximate surface area is 65.7 Å². The van der Waals surface area contributed by atoms with Gasteiger partial charge in [0.15, 0.2) is 0 Å². The van der Waals surface area contributed by atoms with Gasteiger partial charge in [-0.25, -0.2) is 0 Å². The third-order valence-corrected chi connectivity index (χ3v) is 1.01. The molecule has 0 atom stereocenters. The number of hydrogen-bond acceptors (Lipinski definition) is 5. The third-order valence-electron chi connectivity index (χ3n) is 1.01. The van der Waals surface area contributed by atoms with Crippen molar-refractivity contribution in [2.75, 3.05) is 0 Å². The lowest BCUT2D eigenvalue weighted by Gasteiger charge is -2.15.